The Balaban J connectivity index is 2.63. The molecule has 18 heavy (non-hydrogen) atoms. The summed E-state index contributed by atoms with van der Waals surface area (Å²) in [6, 6.07) is 7.78. The fraction of sp³-hybridized carbons (Fsp3) is 0.400. The van der Waals surface area contributed by atoms with E-state index in [9.17, 15) is 4.79 Å². The number of ether oxygens (including phenoxy) is 1. The first-order chi connectivity index (χ1) is 8.56. The minimum absolute atomic E-state index is 0.164. The number of hydrogen-bond donors (Lipinski definition) is 0. The molecule has 2 rings (SSSR count). The third-order valence-corrected chi connectivity index (χ3v) is 3.25. The third-order valence-electron chi connectivity index (χ3n) is 3.25. The summed E-state index contributed by atoms with van der Waals surface area (Å²) in [5.41, 5.74) is 1.77. The molecule has 1 atom stereocenters. The predicted octanol–water partition coefficient (Wildman–Crippen LogP) is 3.65. The van der Waals surface area contributed by atoms with Crippen molar-refractivity contribution in [2.45, 2.75) is 26.7 Å². The van der Waals surface area contributed by atoms with Crippen molar-refractivity contribution in [2.75, 3.05) is 7.11 Å². The molecule has 1 aromatic carbocycles. The van der Waals surface area contributed by atoms with E-state index in [4.69, 9.17) is 9.15 Å². The minimum Gasteiger partial charge on any atom is -0.469 e. The van der Waals surface area contributed by atoms with Gasteiger partial charge in [-0.2, -0.15) is 0 Å². The molecular weight excluding hydrogens is 228 g/mol. The van der Waals surface area contributed by atoms with E-state index < -0.39 is 0 Å². The Morgan fingerprint density at radius 3 is 2.56 bits per heavy atom. The number of methoxy groups -OCH3 is 1. The predicted molar refractivity (Wildman–Crippen MR) is 70.5 cm³/mol. The summed E-state index contributed by atoms with van der Waals surface area (Å²) < 4.78 is 10.6. The van der Waals surface area contributed by atoms with Crippen molar-refractivity contribution in [3.05, 3.63) is 35.6 Å². The maximum absolute atomic E-state index is 12.0. The fourth-order valence-electron chi connectivity index (χ4n) is 2.42. The summed E-state index contributed by atoms with van der Waals surface area (Å²) in [6.45, 7) is 5.93. The van der Waals surface area contributed by atoms with Crippen LogP contribution in [0.5, 0.6) is 0 Å². The zero-order valence-corrected chi connectivity index (χ0v) is 11.2. The molecule has 1 aromatic heterocycles. The van der Waals surface area contributed by atoms with Crippen molar-refractivity contribution < 1.29 is 13.9 Å². The van der Waals surface area contributed by atoms with Crippen molar-refractivity contribution in [1.82, 2.24) is 0 Å². The molecule has 0 amide bonds. The second-order valence-electron chi connectivity index (χ2n) is 4.81. The summed E-state index contributed by atoms with van der Waals surface area (Å²) in [4.78, 5) is 12.0. The maximum atomic E-state index is 12.0. The first-order valence-electron chi connectivity index (χ1n) is 6.12. The zero-order valence-electron chi connectivity index (χ0n) is 11.2. The lowest BCUT2D eigenvalue weighted by molar-refractivity contribution is -0.143. The van der Waals surface area contributed by atoms with Crippen LogP contribution in [0.2, 0.25) is 0 Å². The van der Waals surface area contributed by atoms with Gasteiger partial charge in [0.05, 0.1) is 13.0 Å². The standard InChI is InChI=1S/C15H18O3/c1-9(2)13(15(16)17-4)14-10(3)18-12-8-6-5-7-11(12)14/h5-9,13H,1-4H3. The number of benzene rings is 1. The van der Waals surface area contributed by atoms with Crippen LogP contribution in [0.15, 0.2) is 28.7 Å². The van der Waals surface area contributed by atoms with Crippen molar-refractivity contribution in [2.24, 2.45) is 5.92 Å². The molecule has 0 aliphatic rings. The minimum atomic E-state index is -0.279. The van der Waals surface area contributed by atoms with Gasteiger partial charge >= 0.3 is 5.97 Å². The SMILES string of the molecule is COC(=O)C(c1c(C)oc2ccccc12)C(C)C. The molecule has 96 valence electrons. The molecule has 3 heteroatoms. The van der Waals surface area contributed by atoms with Gasteiger partial charge in [-0.05, 0) is 18.9 Å². The van der Waals surface area contributed by atoms with E-state index in [1.54, 1.807) is 0 Å². The molecule has 0 saturated heterocycles. The summed E-state index contributed by atoms with van der Waals surface area (Å²) in [6.07, 6.45) is 0. The van der Waals surface area contributed by atoms with Gasteiger partial charge in [-0.1, -0.05) is 32.0 Å². The van der Waals surface area contributed by atoms with Gasteiger partial charge in [0.2, 0.25) is 0 Å². The van der Waals surface area contributed by atoms with Gasteiger partial charge in [-0.15, -0.1) is 0 Å². The third kappa shape index (κ3) is 2.01. The number of carbonyl (C=O) groups is 1. The van der Waals surface area contributed by atoms with Crippen LogP contribution in [0.1, 0.15) is 31.1 Å². The molecule has 0 aliphatic heterocycles. The first-order valence-corrected chi connectivity index (χ1v) is 6.12. The average molecular weight is 246 g/mol. The molecule has 0 bridgehead atoms. The van der Waals surface area contributed by atoms with E-state index in [-0.39, 0.29) is 17.8 Å². The number of fused-ring (bicyclic) bond motifs is 1. The van der Waals surface area contributed by atoms with Crippen molar-refractivity contribution in [1.29, 1.82) is 0 Å². The number of carbonyl (C=O) groups excluding carboxylic acids is 1. The molecule has 1 unspecified atom stereocenters. The largest absolute Gasteiger partial charge is 0.469 e. The van der Waals surface area contributed by atoms with Crippen LogP contribution in [-0.4, -0.2) is 13.1 Å². The van der Waals surface area contributed by atoms with Gasteiger partial charge in [0.15, 0.2) is 0 Å². The molecular formula is C15H18O3. The van der Waals surface area contributed by atoms with Gasteiger partial charge in [0.1, 0.15) is 11.3 Å². The van der Waals surface area contributed by atoms with Gasteiger partial charge in [-0.25, -0.2) is 0 Å². The Kier molecular flexibility index (Phi) is 3.41. The Bertz CT molecular complexity index is 566. The maximum Gasteiger partial charge on any atom is 0.313 e. The number of para-hydroxylation sites is 1. The van der Waals surface area contributed by atoms with Crippen molar-refractivity contribution in [3.63, 3.8) is 0 Å². The van der Waals surface area contributed by atoms with E-state index in [0.29, 0.717) is 0 Å². The zero-order chi connectivity index (χ0) is 13.3. The molecule has 3 nitrogen and oxygen atoms in total. The van der Waals surface area contributed by atoms with Crippen molar-refractivity contribution in [3.8, 4) is 0 Å². The van der Waals surface area contributed by atoms with E-state index in [2.05, 4.69) is 0 Å². The summed E-state index contributed by atoms with van der Waals surface area (Å²) in [5, 5.41) is 0.999. The van der Waals surface area contributed by atoms with Gasteiger partial charge in [0.25, 0.3) is 0 Å². The molecule has 0 saturated carbocycles. The van der Waals surface area contributed by atoms with Crippen LogP contribution in [0.3, 0.4) is 0 Å². The summed E-state index contributed by atoms with van der Waals surface area (Å²) in [7, 11) is 1.43. The number of esters is 1. The summed E-state index contributed by atoms with van der Waals surface area (Å²) >= 11 is 0. The highest BCUT2D eigenvalue weighted by Gasteiger charge is 2.30. The van der Waals surface area contributed by atoms with Gasteiger partial charge in [-0.3, -0.25) is 4.79 Å². The topological polar surface area (TPSA) is 39.4 Å². The Morgan fingerprint density at radius 1 is 1.28 bits per heavy atom. The highest BCUT2D eigenvalue weighted by atomic mass is 16.5. The summed E-state index contributed by atoms with van der Waals surface area (Å²) in [5.74, 6) is 0.468. The van der Waals surface area contributed by atoms with Crippen LogP contribution in [0.4, 0.5) is 0 Å². The lowest BCUT2D eigenvalue weighted by Gasteiger charge is -2.18. The lowest BCUT2D eigenvalue weighted by Crippen LogP contribution is -2.20. The Labute approximate surface area is 107 Å². The highest BCUT2D eigenvalue weighted by Crippen LogP contribution is 2.36. The highest BCUT2D eigenvalue weighted by molar-refractivity contribution is 5.89. The van der Waals surface area contributed by atoms with E-state index >= 15 is 0 Å². The number of aryl methyl sites for hydroxylation is 1. The first kappa shape index (κ1) is 12.7. The quantitative estimate of drug-likeness (QED) is 0.776. The van der Waals surface area contributed by atoms with Crippen molar-refractivity contribution >= 4 is 16.9 Å². The Hall–Kier alpha value is -1.77. The molecule has 0 fully saturated rings. The molecule has 0 aliphatic carbocycles. The van der Waals surface area contributed by atoms with Crippen LogP contribution in [-0.2, 0) is 9.53 Å². The van der Waals surface area contributed by atoms with Crippen LogP contribution in [0.25, 0.3) is 11.0 Å². The van der Waals surface area contributed by atoms with E-state index in [0.717, 1.165) is 22.3 Å². The molecule has 0 spiro atoms. The average Bonchev–Trinajstić information content (AvgIpc) is 2.66. The number of hydrogen-bond acceptors (Lipinski definition) is 3. The van der Waals surface area contributed by atoms with Crippen LogP contribution < -0.4 is 0 Å². The smallest absolute Gasteiger partial charge is 0.313 e. The second-order valence-corrected chi connectivity index (χ2v) is 4.81. The van der Waals surface area contributed by atoms with E-state index in [1.807, 2.05) is 45.0 Å². The van der Waals surface area contributed by atoms with Crippen LogP contribution >= 0.6 is 0 Å². The lowest BCUT2D eigenvalue weighted by atomic mass is 9.87. The van der Waals surface area contributed by atoms with Crippen LogP contribution in [0, 0.1) is 12.8 Å². The molecule has 2 aromatic rings. The Morgan fingerprint density at radius 2 is 1.94 bits per heavy atom. The number of rotatable bonds is 3. The fourth-order valence-corrected chi connectivity index (χ4v) is 2.42. The second kappa shape index (κ2) is 4.84. The molecule has 1 heterocycles. The molecule has 0 N–H and O–H groups in total. The van der Waals surface area contributed by atoms with Gasteiger partial charge in [0, 0.05) is 10.9 Å². The normalized spacial score (nSPS) is 12.9. The molecule has 0 radical (unpaired) electrons. The van der Waals surface area contributed by atoms with Gasteiger partial charge < -0.3 is 9.15 Å². The number of furan rings is 1. The van der Waals surface area contributed by atoms with E-state index in [1.165, 1.54) is 7.11 Å². The monoisotopic (exact) mass is 246 g/mol.